The Hall–Kier alpha value is -1.10. The minimum absolute atomic E-state index is 0.0462. The van der Waals surface area contributed by atoms with E-state index in [9.17, 15) is 9.59 Å². The molecule has 3 N–H and O–H groups in total. The molecule has 0 spiro atoms. The Morgan fingerprint density at radius 1 is 1.47 bits per heavy atom. The number of carboxylic acid groups (broad SMARTS) is 1. The fraction of sp³-hybridized carbons (Fsp3) is 0.833. The van der Waals surface area contributed by atoms with E-state index >= 15 is 0 Å². The molecule has 0 aliphatic carbocycles. The summed E-state index contributed by atoms with van der Waals surface area (Å²) < 4.78 is 0. The molecule has 0 aromatic rings. The van der Waals surface area contributed by atoms with E-state index in [0.717, 1.165) is 12.8 Å². The number of hydrogen-bond donors (Lipinski definition) is 2. The normalized spacial score (nSPS) is 22.6. The molecule has 1 amide bonds. The van der Waals surface area contributed by atoms with Crippen molar-refractivity contribution in [2.75, 3.05) is 13.1 Å². The molecule has 1 heterocycles. The first-order chi connectivity index (χ1) is 7.91. The molecule has 1 saturated heterocycles. The molecule has 0 radical (unpaired) electrons. The van der Waals surface area contributed by atoms with Gasteiger partial charge in [0.1, 0.15) is 0 Å². The van der Waals surface area contributed by atoms with Crippen LogP contribution < -0.4 is 5.73 Å². The van der Waals surface area contributed by atoms with E-state index in [1.54, 1.807) is 4.90 Å². The minimum Gasteiger partial charge on any atom is -0.481 e. The highest BCUT2D eigenvalue weighted by Gasteiger charge is 2.29. The van der Waals surface area contributed by atoms with Crippen LogP contribution in [0.1, 0.15) is 33.1 Å². The van der Waals surface area contributed by atoms with Crippen LogP contribution in [0, 0.1) is 11.8 Å². The highest BCUT2D eigenvalue weighted by molar-refractivity contribution is 5.82. The molecule has 1 aliphatic rings. The first-order valence-electron chi connectivity index (χ1n) is 6.18. The maximum atomic E-state index is 12.0. The van der Waals surface area contributed by atoms with Gasteiger partial charge in [0.15, 0.2) is 0 Å². The summed E-state index contributed by atoms with van der Waals surface area (Å²) in [5.41, 5.74) is 5.83. The number of amides is 1. The van der Waals surface area contributed by atoms with Gasteiger partial charge < -0.3 is 15.7 Å². The van der Waals surface area contributed by atoms with Crippen LogP contribution in [0.2, 0.25) is 0 Å². The molecule has 17 heavy (non-hydrogen) atoms. The molecule has 1 fully saturated rings. The second kappa shape index (κ2) is 6.00. The highest BCUT2D eigenvalue weighted by Crippen LogP contribution is 2.20. The molecular weight excluding hydrogens is 220 g/mol. The lowest BCUT2D eigenvalue weighted by Crippen LogP contribution is -2.50. The second-order valence-electron chi connectivity index (χ2n) is 5.16. The van der Waals surface area contributed by atoms with Crippen molar-refractivity contribution in [3.63, 3.8) is 0 Å². The Morgan fingerprint density at radius 2 is 2.12 bits per heavy atom. The lowest BCUT2D eigenvalue weighted by atomic mass is 9.93. The maximum Gasteiger partial charge on any atom is 0.303 e. The van der Waals surface area contributed by atoms with Crippen LogP contribution in [0.25, 0.3) is 0 Å². The van der Waals surface area contributed by atoms with Gasteiger partial charge in [-0.25, -0.2) is 0 Å². The standard InChI is InChI=1S/C12H22N2O3/c1-8(2)11(13)12(17)14-5-3-4-9(7-14)6-10(15)16/h8-9,11H,3-7,13H2,1-2H3,(H,15,16)/t9?,11-/m1/s1. The first-order valence-corrected chi connectivity index (χ1v) is 6.18. The zero-order valence-electron chi connectivity index (χ0n) is 10.6. The number of likely N-dealkylation sites (tertiary alicyclic amines) is 1. The van der Waals surface area contributed by atoms with Crippen LogP contribution in [0.4, 0.5) is 0 Å². The lowest BCUT2D eigenvalue weighted by molar-refractivity contribution is -0.141. The molecular formula is C12H22N2O3. The van der Waals surface area contributed by atoms with E-state index < -0.39 is 12.0 Å². The van der Waals surface area contributed by atoms with E-state index in [4.69, 9.17) is 10.8 Å². The van der Waals surface area contributed by atoms with Gasteiger partial charge in [0.25, 0.3) is 0 Å². The maximum absolute atomic E-state index is 12.0. The minimum atomic E-state index is -0.794. The van der Waals surface area contributed by atoms with Crippen LogP contribution in [0.5, 0.6) is 0 Å². The summed E-state index contributed by atoms with van der Waals surface area (Å²) in [7, 11) is 0. The topological polar surface area (TPSA) is 83.6 Å². The smallest absolute Gasteiger partial charge is 0.303 e. The van der Waals surface area contributed by atoms with Gasteiger partial charge in [-0.3, -0.25) is 9.59 Å². The van der Waals surface area contributed by atoms with Crippen LogP contribution in [-0.4, -0.2) is 41.0 Å². The third-order valence-corrected chi connectivity index (χ3v) is 3.30. The van der Waals surface area contributed by atoms with Gasteiger partial charge in [0, 0.05) is 19.5 Å². The zero-order valence-corrected chi connectivity index (χ0v) is 10.6. The Bertz CT molecular complexity index is 291. The summed E-state index contributed by atoms with van der Waals surface area (Å²) >= 11 is 0. The second-order valence-corrected chi connectivity index (χ2v) is 5.16. The largest absolute Gasteiger partial charge is 0.481 e. The SMILES string of the molecule is CC(C)[C@@H](N)C(=O)N1CCCC(CC(=O)O)C1. The van der Waals surface area contributed by atoms with E-state index in [-0.39, 0.29) is 24.2 Å². The predicted octanol–water partition coefficient (Wildman–Crippen LogP) is 0.683. The number of piperidine rings is 1. The number of carbonyl (C=O) groups is 2. The van der Waals surface area contributed by atoms with Crippen molar-refractivity contribution in [2.45, 2.75) is 39.2 Å². The van der Waals surface area contributed by atoms with E-state index in [2.05, 4.69) is 0 Å². The molecule has 0 bridgehead atoms. The molecule has 5 nitrogen and oxygen atoms in total. The molecule has 98 valence electrons. The van der Waals surface area contributed by atoms with Gasteiger partial charge in [-0.15, -0.1) is 0 Å². The summed E-state index contributed by atoms with van der Waals surface area (Å²) in [5.74, 6) is -0.653. The molecule has 1 aliphatic heterocycles. The average Bonchev–Trinajstić information content (AvgIpc) is 2.26. The number of aliphatic carboxylic acids is 1. The van der Waals surface area contributed by atoms with Crippen LogP contribution in [0.15, 0.2) is 0 Å². The van der Waals surface area contributed by atoms with Crippen LogP contribution >= 0.6 is 0 Å². The van der Waals surface area contributed by atoms with Gasteiger partial charge in [0.2, 0.25) is 5.91 Å². The molecule has 1 rings (SSSR count). The monoisotopic (exact) mass is 242 g/mol. The summed E-state index contributed by atoms with van der Waals surface area (Å²) in [4.78, 5) is 24.4. The highest BCUT2D eigenvalue weighted by atomic mass is 16.4. The predicted molar refractivity (Wildman–Crippen MR) is 64.4 cm³/mol. The lowest BCUT2D eigenvalue weighted by Gasteiger charge is -2.34. The Balaban J connectivity index is 2.54. The number of nitrogens with two attached hydrogens (primary N) is 1. The Kier molecular flexibility index (Phi) is 4.93. The average molecular weight is 242 g/mol. The fourth-order valence-electron chi connectivity index (χ4n) is 2.17. The van der Waals surface area contributed by atoms with Crippen LogP contribution in [-0.2, 0) is 9.59 Å². The zero-order chi connectivity index (χ0) is 13.0. The third-order valence-electron chi connectivity index (χ3n) is 3.30. The van der Waals surface area contributed by atoms with E-state index in [1.807, 2.05) is 13.8 Å². The molecule has 0 saturated carbocycles. The summed E-state index contributed by atoms with van der Waals surface area (Å²) in [5, 5.41) is 8.76. The molecule has 2 atom stereocenters. The van der Waals surface area contributed by atoms with Crippen molar-refractivity contribution in [2.24, 2.45) is 17.6 Å². The number of hydrogen-bond acceptors (Lipinski definition) is 3. The Labute approximate surface area is 102 Å². The molecule has 0 aromatic carbocycles. The molecule has 1 unspecified atom stereocenters. The first kappa shape index (κ1) is 14.0. The van der Waals surface area contributed by atoms with Gasteiger partial charge >= 0.3 is 5.97 Å². The van der Waals surface area contributed by atoms with Gasteiger partial charge in [-0.2, -0.15) is 0 Å². The quantitative estimate of drug-likeness (QED) is 0.759. The molecule has 5 heteroatoms. The van der Waals surface area contributed by atoms with E-state index in [1.165, 1.54) is 0 Å². The Morgan fingerprint density at radius 3 is 2.65 bits per heavy atom. The van der Waals surface area contributed by atoms with Crippen LogP contribution in [0.3, 0.4) is 0 Å². The van der Waals surface area contributed by atoms with Crippen molar-refractivity contribution < 1.29 is 14.7 Å². The number of carboxylic acids is 1. The summed E-state index contributed by atoms with van der Waals surface area (Å²) in [6.07, 6.45) is 1.89. The van der Waals surface area contributed by atoms with E-state index in [0.29, 0.717) is 13.1 Å². The van der Waals surface area contributed by atoms with Crippen molar-refractivity contribution in [1.82, 2.24) is 4.90 Å². The van der Waals surface area contributed by atoms with Gasteiger partial charge in [0.05, 0.1) is 6.04 Å². The van der Waals surface area contributed by atoms with Gasteiger partial charge in [-0.1, -0.05) is 13.8 Å². The molecule has 0 aromatic heterocycles. The third kappa shape index (κ3) is 4.00. The number of carbonyl (C=O) groups excluding carboxylic acids is 1. The van der Waals surface area contributed by atoms with Crippen molar-refractivity contribution in [3.8, 4) is 0 Å². The van der Waals surface area contributed by atoms with Gasteiger partial charge in [-0.05, 0) is 24.7 Å². The number of rotatable bonds is 4. The summed E-state index contributed by atoms with van der Waals surface area (Å²) in [6, 6.07) is -0.474. The van der Waals surface area contributed by atoms with Crippen molar-refractivity contribution in [1.29, 1.82) is 0 Å². The fourth-order valence-corrected chi connectivity index (χ4v) is 2.17. The van der Waals surface area contributed by atoms with Crippen molar-refractivity contribution in [3.05, 3.63) is 0 Å². The summed E-state index contributed by atoms with van der Waals surface area (Å²) in [6.45, 7) is 5.07. The van der Waals surface area contributed by atoms with Crippen molar-refractivity contribution >= 4 is 11.9 Å². The number of nitrogens with zero attached hydrogens (tertiary/aromatic N) is 1.